The van der Waals surface area contributed by atoms with Crippen LogP contribution >= 0.6 is 0 Å². The summed E-state index contributed by atoms with van der Waals surface area (Å²) in [6, 6.07) is 20.3. The van der Waals surface area contributed by atoms with E-state index in [1.54, 1.807) is 72.8 Å². The van der Waals surface area contributed by atoms with Gasteiger partial charge in [0.2, 0.25) is 6.79 Å². The van der Waals surface area contributed by atoms with Gasteiger partial charge in [0.15, 0.2) is 23.7 Å². The molecule has 3 N–H and O–H groups in total. The number of anilines is 1. The van der Waals surface area contributed by atoms with Gasteiger partial charge < -0.3 is 33.9 Å². The van der Waals surface area contributed by atoms with E-state index in [0.717, 1.165) is 6.08 Å². The lowest BCUT2D eigenvalue weighted by Gasteiger charge is -2.27. The molecule has 2 atom stereocenters. The van der Waals surface area contributed by atoms with Crippen molar-refractivity contribution in [2.75, 3.05) is 25.3 Å². The van der Waals surface area contributed by atoms with Crippen LogP contribution in [0.4, 0.5) is 10.5 Å². The van der Waals surface area contributed by atoms with Gasteiger partial charge in [-0.1, -0.05) is 36.4 Å². The minimum atomic E-state index is -1.20. The molecular weight excluding hydrogens is 482 g/mol. The van der Waals surface area contributed by atoms with E-state index in [2.05, 4.69) is 5.32 Å². The van der Waals surface area contributed by atoms with Crippen molar-refractivity contribution in [3.05, 3.63) is 90.5 Å². The SMILES string of the molecule is O=C(O)/C=C/[C@@H](Oc1ccccc1)[C@H](OC(=O)Nc1ccc2c(c1)OCO2)c1ccccc1OCCO. The van der Waals surface area contributed by atoms with Gasteiger partial charge in [0.25, 0.3) is 0 Å². The predicted molar refractivity (Wildman–Crippen MR) is 132 cm³/mol. The van der Waals surface area contributed by atoms with Crippen molar-refractivity contribution in [1.29, 1.82) is 0 Å². The number of ether oxygens (including phenoxy) is 5. The number of fused-ring (bicyclic) bond motifs is 1. The van der Waals surface area contributed by atoms with Crippen molar-refractivity contribution < 1.29 is 43.5 Å². The molecule has 3 aromatic rings. The molecule has 4 rings (SSSR count). The van der Waals surface area contributed by atoms with Crippen LogP contribution in [0.5, 0.6) is 23.0 Å². The van der Waals surface area contributed by atoms with Crippen molar-refractivity contribution in [3.63, 3.8) is 0 Å². The van der Waals surface area contributed by atoms with Gasteiger partial charge in [-0.2, -0.15) is 0 Å². The monoisotopic (exact) mass is 507 g/mol. The second kappa shape index (κ2) is 12.3. The molecular formula is C27H25NO9. The van der Waals surface area contributed by atoms with Crippen molar-refractivity contribution in [1.82, 2.24) is 0 Å². The average Bonchev–Trinajstić information content (AvgIpc) is 3.37. The number of aliphatic carboxylic acids is 1. The van der Waals surface area contributed by atoms with Crippen LogP contribution in [0.2, 0.25) is 0 Å². The van der Waals surface area contributed by atoms with E-state index in [4.69, 9.17) is 23.7 Å². The average molecular weight is 507 g/mol. The number of carboxylic acids is 1. The number of hydrogen-bond donors (Lipinski definition) is 3. The molecule has 0 aromatic heterocycles. The molecule has 10 nitrogen and oxygen atoms in total. The van der Waals surface area contributed by atoms with Crippen LogP contribution < -0.4 is 24.3 Å². The second-order valence-corrected chi connectivity index (χ2v) is 7.72. The van der Waals surface area contributed by atoms with Crippen molar-refractivity contribution in [2.24, 2.45) is 0 Å². The minimum absolute atomic E-state index is 0.00228. The fourth-order valence-corrected chi connectivity index (χ4v) is 3.58. The number of benzene rings is 3. The van der Waals surface area contributed by atoms with Crippen LogP contribution in [0.1, 0.15) is 11.7 Å². The summed E-state index contributed by atoms with van der Waals surface area (Å²) in [4.78, 5) is 24.4. The molecule has 1 amide bonds. The molecule has 192 valence electrons. The summed E-state index contributed by atoms with van der Waals surface area (Å²) < 4.78 is 28.2. The first-order chi connectivity index (χ1) is 18.0. The van der Waals surface area contributed by atoms with E-state index in [0.29, 0.717) is 34.2 Å². The minimum Gasteiger partial charge on any atom is -0.491 e. The fraction of sp³-hybridized carbons (Fsp3) is 0.185. The molecule has 1 heterocycles. The molecule has 0 aliphatic carbocycles. The van der Waals surface area contributed by atoms with Gasteiger partial charge in [-0.15, -0.1) is 0 Å². The van der Waals surface area contributed by atoms with Crippen molar-refractivity contribution >= 4 is 17.7 Å². The summed E-state index contributed by atoms with van der Waals surface area (Å²) in [6.07, 6.45) is -0.820. The predicted octanol–water partition coefficient (Wildman–Crippen LogP) is 4.16. The van der Waals surface area contributed by atoms with Crippen LogP contribution in [0.3, 0.4) is 0 Å². The van der Waals surface area contributed by atoms with Gasteiger partial charge >= 0.3 is 12.1 Å². The molecule has 10 heteroatoms. The molecule has 1 aliphatic rings. The summed E-state index contributed by atoms with van der Waals surface area (Å²) >= 11 is 0. The Balaban J connectivity index is 1.66. The summed E-state index contributed by atoms with van der Waals surface area (Å²) in [6.45, 7) is -0.139. The first-order valence-corrected chi connectivity index (χ1v) is 11.4. The highest BCUT2D eigenvalue weighted by molar-refractivity contribution is 5.85. The number of aliphatic hydroxyl groups is 1. The number of aliphatic hydroxyl groups excluding tert-OH is 1. The van der Waals surface area contributed by atoms with E-state index in [9.17, 15) is 19.8 Å². The van der Waals surface area contributed by atoms with Gasteiger partial charge in [-0.05, 0) is 36.4 Å². The second-order valence-electron chi connectivity index (χ2n) is 7.72. The summed E-state index contributed by atoms with van der Waals surface area (Å²) in [5.74, 6) is 0.604. The number of para-hydroxylation sites is 2. The number of carboxylic acid groups (broad SMARTS) is 1. The number of rotatable bonds is 11. The quantitative estimate of drug-likeness (QED) is 0.327. The van der Waals surface area contributed by atoms with Gasteiger partial charge in [-0.25, -0.2) is 9.59 Å². The standard InChI is InChI=1S/C27H25NO9/c29-14-15-33-21-9-5-4-8-20(21)26(23(12-13-25(30)31)36-19-6-2-1-3-7-19)37-27(32)28-18-10-11-22-24(16-18)35-17-34-22/h1-13,16,23,26,29H,14-15,17H2,(H,28,32)(H,30,31)/b13-12+/t23-,26-/m1/s1. The zero-order valence-electron chi connectivity index (χ0n) is 19.6. The van der Waals surface area contributed by atoms with Crippen LogP contribution in [-0.4, -0.2) is 48.4 Å². The normalized spacial score (nSPS) is 13.5. The molecule has 0 saturated heterocycles. The number of nitrogens with one attached hydrogen (secondary N) is 1. The Kier molecular flexibility index (Phi) is 8.45. The van der Waals surface area contributed by atoms with Crippen LogP contribution in [0.25, 0.3) is 0 Å². The third kappa shape index (κ3) is 6.92. The Morgan fingerprint density at radius 1 is 1.00 bits per heavy atom. The van der Waals surface area contributed by atoms with E-state index >= 15 is 0 Å². The third-order valence-electron chi connectivity index (χ3n) is 5.17. The van der Waals surface area contributed by atoms with Crippen molar-refractivity contribution in [2.45, 2.75) is 12.2 Å². The Bertz CT molecular complexity index is 1250. The Labute approximate surface area is 212 Å². The number of amides is 1. The summed E-state index contributed by atoms with van der Waals surface area (Å²) in [5.41, 5.74) is 0.812. The smallest absolute Gasteiger partial charge is 0.412 e. The number of hydrogen-bond acceptors (Lipinski definition) is 8. The van der Waals surface area contributed by atoms with Crippen LogP contribution in [0, 0.1) is 0 Å². The van der Waals surface area contributed by atoms with Crippen LogP contribution in [-0.2, 0) is 9.53 Å². The molecule has 1 aliphatic heterocycles. The van der Waals surface area contributed by atoms with E-state index in [-0.39, 0.29) is 20.0 Å². The maximum absolute atomic E-state index is 13.0. The highest BCUT2D eigenvalue weighted by atomic mass is 16.7. The van der Waals surface area contributed by atoms with E-state index in [1.165, 1.54) is 6.08 Å². The maximum Gasteiger partial charge on any atom is 0.412 e. The first-order valence-electron chi connectivity index (χ1n) is 11.4. The molecule has 0 spiro atoms. The summed E-state index contributed by atoms with van der Waals surface area (Å²) in [7, 11) is 0. The molecule has 3 aromatic carbocycles. The lowest BCUT2D eigenvalue weighted by atomic mass is 10.0. The third-order valence-corrected chi connectivity index (χ3v) is 5.17. The maximum atomic E-state index is 13.0. The lowest BCUT2D eigenvalue weighted by molar-refractivity contribution is -0.131. The van der Waals surface area contributed by atoms with E-state index in [1.807, 2.05) is 0 Å². The van der Waals surface area contributed by atoms with Gasteiger partial charge in [0, 0.05) is 23.4 Å². The lowest BCUT2D eigenvalue weighted by Crippen LogP contribution is -2.30. The highest BCUT2D eigenvalue weighted by Gasteiger charge is 2.30. The number of carbonyl (C=O) groups is 2. The van der Waals surface area contributed by atoms with Gasteiger partial charge in [-0.3, -0.25) is 5.32 Å². The zero-order chi connectivity index (χ0) is 26.0. The first kappa shape index (κ1) is 25.4. The summed E-state index contributed by atoms with van der Waals surface area (Å²) in [5, 5.41) is 21.2. The molecule has 0 bridgehead atoms. The highest BCUT2D eigenvalue weighted by Crippen LogP contribution is 2.36. The Morgan fingerprint density at radius 2 is 1.76 bits per heavy atom. The van der Waals surface area contributed by atoms with Gasteiger partial charge in [0.05, 0.1) is 6.61 Å². The van der Waals surface area contributed by atoms with Crippen LogP contribution in [0.15, 0.2) is 84.9 Å². The zero-order valence-corrected chi connectivity index (χ0v) is 19.6. The fourth-order valence-electron chi connectivity index (χ4n) is 3.58. The molecule has 0 fully saturated rings. The Hall–Kier alpha value is -4.70. The van der Waals surface area contributed by atoms with Gasteiger partial charge in [0.1, 0.15) is 18.1 Å². The molecule has 0 unspecified atom stereocenters. The topological polar surface area (TPSA) is 133 Å². The molecule has 0 radical (unpaired) electrons. The van der Waals surface area contributed by atoms with Crippen molar-refractivity contribution in [3.8, 4) is 23.0 Å². The molecule has 0 saturated carbocycles. The largest absolute Gasteiger partial charge is 0.491 e. The molecule has 37 heavy (non-hydrogen) atoms. The Morgan fingerprint density at radius 3 is 2.54 bits per heavy atom. The van der Waals surface area contributed by atoms with E-state index < -0.39 is 24.3 Å². The number of carbonyl (C=O) groups excluding carboxylic acids is 1.